The lowest BCUT2D eigenvalue weighted by atomic mass is 10.2. The maximum atomic E-state index is 11.2. The summed E-state index contributed by atoms with van der Waals surface area (Å²) < 4.78 is 0. The molecule has 0 saturated carbocycles. The Morgan fingerprint density at radius 1 is 1.50 bits per heavy atom. The molecule has 5 heteroatoms. The van der Waals surface area contributed by atoms with E-state index < -0.39 is 11.9 Å². The van der Waals surface area contributed by atoms with Gasteiger partial charge in [0.1, 0.15) is 12.5 Å². The van der Waals surface area contributed by atoms with E-state index in [2.05, 4.69) is 17.0 Å². The minimum absolute atomic E-state index is 0.154. The standard InChI is InChI=1S/C11H14N2O3/c1-12-11(16)9(7-14)13-6-8-4-2-3-5-10(8)15/h2-5,9,13-15H,1,6-7H2/p+1. The van der Waals surface area contributed by atoms with Crippen LogP contribution in [0.15, 0.2) is 24.3 Å². The van der Waals surface area contributed by atoms with Crippen molar-refractivity contribution < 1.29 is 20.0 Å². The highest BCUT2D eigenvalue weighted by Crippen LogP contribution is 2.14. The Kier molecular flexibility index (Phi) is 4.63. The van der Waals surface area contributed by atoms with E-state index in [4.69, 9.17) is 5.11 Å². The number of aliphatic hydroxyl groups excluding tert-OH is 1. The lowest BCUT2D eigenvalue weighted by Gasteiger charge is -2.10. The maximum Gasteiger partial charge on any atom is 0.404 e. The van der Waals surface area contributed by atoms with Crippen molar-refractivity contribution in [1.29, 1.82) is 0 Å². The van der Waals surface area contributed by atoms with Crippen molar-refractivity contribution in [3.63, 3.8) is 0 Å². The van der Waals surface area contributed by atoms with Crippen LogP contribution in [0, 0.1) is 0 Å². The molecule has 0 aromatic heterocycles. The molecule has 1 aromatic carbocycles. The van der Waals surface area contributed by atoms with Gasteiger partial charge in [0.05, 0.1) is 6.61 Å². The van der Waals surface area contributed by atoms with Gasteiger partial charge in [0.15, 0.2) is 6.04 Å². The Bertz CT molecular complexity index is 379. The second kappa shape index (κ2) is 5.99. The predicted molar refractivity (Wildman–Crippen MR) is 58.9 cm³/mol. The molecule has 0 radical (unpaired) electrons. The highest BCUT2D eigenvalue weighted by atomic mass is 16.3. The molecular weight excluding hydrogens is 208 g/mol. The summed E-state index contributed by atoms with van der Waals surface area (Å²) in [7, 11) is 0. The highest BCUT2D eigenvalue weighted by Gasteiger charge is 2.20. The van der Waals surface area contributed by atoms with E-state index in [-0.39, 0.29) is 12.4 Å². The summed E-state index contributed by atoms with van der Waals surface area (Å²) in [6.07, 6.45) is 0. The molecule has 16 heavy (non-hydrogen) atoms. The molecule has 1 atom stereocenters. The Hall–Kier alpha value is -1.72. The van der Waals surface area contributed by atoms with Gasteiger partial charge in [-0.25, -0.2) is 4.79 Å². The molecule has 0 spiro atoms. The van der Waals surface area contributed by atoms with Crippen molar-refractivity contribution in [2.24, 2.45) is 0 Å². The van der Waals surface area contributed by atoms with Crippen LogP contribution in [0.2, 0.25) is 0 Å². The van der Waals surface area contributed by atoms with E-state index >= 15 is 0 Å². The quantitative estimate of drug-likeness (QED) is 0.442. The summed E-state index contributed by atoms with van der Waals surface area (Å²) in [5, 5.41) is 21.3. The number of amides is 1. The van der Waals surface area contributed by atoms with E-state index in [0.717, 1.165) is 0 Å². The van der Waals surface area contributed by atoms with Gasteiger partial charge in [-0.2, -0.15) is 4.99 Å². The molecule has 1 aromatic rings. The van der Waals surface area contributed by atoms with Gasteiger partial charge < -0.3 is 10.2 Å². The summed E-state index contributed by atoms with van der Waals surface area (Å²) in [6.45, 7) is 3.20. The zero-order valence-corrected chi connectivity index (χ0v) is 8.81. The number of benzene rings is 1. The number of aromatic hydroxyl groups is 1. The second-order valence-corrected chi connectivity index (χ2v) is 3.29. The summed E-state index contributed by atoms with van der Waals surface area (Å²) in [5.41, 5.74) is 0.665. The topological polar surface area (TPSA) is 83.5 Å². The molecule has 0 aliphatic carbocycles. The largest absolute Gasteiger partial charge is 0.508 e. The fourth-order valence-electron chi connectivity index (χ4n) is 1.26. The molecule has 4 N–H and O–H groups in total. The number of rotatable bonds is 5. The monoisotopic (exact) mass is 223 g/mol. The number of carbonyl (C=O) groups is 1. The first-order chi connectivity index (χ1) is 7.69. The summed E-state index contributed by atoms with van der Waals surface area (Å²) >= 11 is 0. The van der Waals surface area contributed by atoms with Crippen molar-refractivity contribution >= 4 is 12.6 Å². The van der Waals surface area contributed by atoms with Crippen LogP contribution in [-0.2, 0) is 11.3 Å². The lowest BCUT2D eigenvalue weighted by Crippen LogP contribution is -2.77. The minimum atomic E-state index is -0.725. The van der Waals surface area contributed by atoms with E-state index in [1.165, 1.54) is 0 Å². The number of carbonyl (C=O) groups excluding carboxylic acids is 1. The van der Waals surface area contributed by atoms with Gasteiger partial charge in [-0.15, -0.1) is 0 Å². The molecule has 1 amide bonds. The van der Waals surface area contributed by atoms with Gasteiger partial charge in [-0.05, 0) is 6.07 Å². The smallest absolute Gasteiger partial charge is 0.404 e. The Morgan fingerprint density at radius 3 is 2.75 bits per heavy atom. The lowest BCUT2D eigenvalue weighted by molar-refractivity contribution is -0.371. The summed E-state index contributed by atoms with van der Waals surface area (Å²) in [5.74, 6) is -0.236. The summed E-state index contributed by atoms with van der Waals surface area (Å²) in [4.78, 5) is 13.4. The molecule has 1 unspecified atom stereocenters. The van der Waals surface area contributed by atoms with Crippen LogP contribution in [0.3, 0.4) is 0 Å². The van der Waals surface area contributed by atoms with Crippen LogP contribution in [-0.4, -0.2) is 35.5 Å². The molecule has 0 aliphatic heterocycles. The van der Waals surface area contributed by atoms with Gasteiger partial charge in [0.2, 0.25) is 0 Å². The van der Waals surface area contributed by atoms with E-state index in [1.54, 1.807) is 24.3 Å². The first-order valence-corrected chi connectivity index (χ1v) is 4.87. The van der Waals surface area contributed by atoms with Crippen LogP contribution in [0.1, 0.15) is 5.56 Å². The van der Waals surface area contributed by atoms with Crippen LogP contribution in [0.25, 0.3) is 0 Å². The number of hydrogen-bond donors (Lipinski definition) is 4. The third-order valence-corrected chi connectivity index (χ3v) is 2.20. The van der Waals surface area contributed by atoms with E-state index in [1.807, 2.05) is 0 Å². The third kappa shape index (κ3) is 3.15. The molecule has 1 rings (SSSR count). The zero-order chi connectivity index (χ0) is 12.0. The van der Waals surface area contributed by atoms with E-state index in [9.17, 15) is 9.90 Å². The molecule has 0 saturated heterocycles. The van der Waals surface area contributed by atoms with Crippen molar-refractivity contribution in [2.75, 3.05) is 6.61 Å². The molecule has 0 aliphatic rings. The molecular formula is C11H15N2O3+. The van der Waals surface area contributed by atoms with Crippen molar-refractivity contribution in [3.05, 3.63) is 29.8 Å². The number of phenolic OH excluding ortho intramolecular Hbond substituents is 1. The molecule has 86 valence electrons. The first-order valence-electron chi connectivity index (χ1n) is 4.87. The number of phenols is 1. The Morgan fingerprint density at radius 2 is 2.19 bits per heavy atom. The second-order valence-electron chi connectivity index (χ2n) is 3.29. The van der Waals surface area contributed by atoms with Gasteiger partial charge in [-0.3, -0.25) is 5.32 Å². The summed E-state index contributed by atoms with van der Waals surface area (Å²) in [6, 6.07) is 6.07. The van der Waals surface area contributed by atoms with Crippen LogP contribution >= 0.6 is 0 Å². The fraction of sp³-hybridized carbons (Fsp3) is 0.273. The number of para-hydroxylation sites is 1. The van der Waals surface area contributed by atoms with Crippen molar-refractivity contribution in [3.8, 4) is 5.75 Å². The van der Waals surface area contributed by atoms with Gasteiger partial charge in [0.25, 0.3) is 0 Å². The number of hydrogen-bond acceptors (Lipinski definition) is 4. The predicted octanol–water partition coefficient (Wildman–Crippen LogP) is -1.85. The molecule has 0 bridgehead atoms. The number of nitrogens with one attached hydrogen (secondary N) is 2. The van der Waals surface area contributed by atoms with Gasteiger partial charge in [-0.1, -0.05) is 18.2 Å². The first kappa shape index (κ1) is 12.4. The minimum Gasteiger partial charge on any atom is -0.508 e. The third-order valence-electron chi connectivity index (χ3n) is 2.20. The molecule has 0 heterocycles. The SMILES string of the molecule is C=[NH+]C(=O)C(CO)NCc1ccccc1O. The van der Waals surface area contributed by atoms with Crippen molar-refractivity contribution in [2.45, 2.75) is 12.6 Å². The van der Waals surface area contributed by atoms with Crippen molar-refractivity contribution in [1.82, 2.24) is 5.32 Å². The Labute approximate surface area is 93.5 Å². The van der Waals surface area contributed by atoms with Crippen LogP contribution in [0.5, 0.6) is 5.75 Å². The number of aliphatic hydroxyl groups is 1. The van der Waals surface area contributed by atoms with E-state index in [0.29, 0.717) is 12.1 Å². The Balaban J connectivity index is 2.59. The van der Waals surface area contributed by atoms with Gasteiger partial charge in [0, 0.05) is 12.1 Å². The zero-order valence-electron chi connectivity index (χ0n) is 8.81. The maximum absolute atomic E-state index is 11.2. The van der Waals surface area contributed by atoms with Crippen LogP contribution < -0.4 is 10.3 Å². The normalized spacial score (nSPS) is 12.1. The average Bonchev–Trinajstić information content (AvgIpc) is 2.31. The van der Waals surface area contributed by atoms with Crippen LogP contribution in [0.4, 0.5) is 0 Å². The average molecular weight is 223 g/mol. The molecule has 0 fully saturated rings. The highest BCUT2D eigenvalue weighted by molar-refractivity contribution is 5.73. The van der Waals surface area contributed by atoms with Gasteiger partial charge >= 0.3 is 5.91 Å². The fourth-order valence-corrected chi connectivity index (χ4v) is 1.26. The molecule has 5 nitrogen and oxygen atoms in total.